The molecule has 0 aromatic heterocycles. The van der Waals surface area contributed by atoms with Crippen LogP contribution in [0.4, 0.5) is 5.69 Å². The van der Waals surface area contributed by atoms with Crippen molar-refractivity contribution in [1.29, 1.82) is 5.26 Å². The highest BCUT2D eigenvalue weighted by atomic mass is 16.5. The minimum absolute atomic E-state index is 0.0988. The fourth-order valence-electron chi connectivity index (χ4n) is 2.00. The Kier molecular flexibility index (Phi) is 4.57. The molecule has 0 aliphatic rings. The fourth-order valence-corrected chi connectivity index (χ4v) is 2.00. The van der Waals surface area contributed by atoms with Gasteiger partial charge < -0.3 is 10.1 Å². The molecule has 0 bridgehead atoms. The molecule has 1 unspecified atom stereocenters. The van der Waals surface area contributed by atoms with Gasteiger partial charge in [-0.15, -0.1) is 0 Å². The maximum Gasteiger partial charge on any atom is 0.337 e. The van der Waals surface area contributed by atoms with Crippen LogP contribution in [0, 0.1) is 11.3 Å². The minimum atomic E-state index is -0.346. The van der Waals surface area contributed by atoms with Crippen LogP contribution in [0.2, 0.25) is 0 Å². The van der Waals surface area contributed by atoms with E-state index in [1.807, 2.05) is 31.2 Å². The maximum atomic E-state index is 11.4. The first-order valence-electron chi connectivity index (χ1n) is 6.59. The van der Waals surface area contributed by atoms with Crippen LogP contribution >= 0.6 is 0 Å². The highest BCUT2D eigenvalue weighted by Gasteiger charge is 2.07. The van der Waals surface area contributed by atoms with Crippen LogP contribution in [0.1, 0.15) is 34.5 Å². The molecule has 21 heavy (non-hydrogen) atoms. The molecule has 2 rings (SSSR count). The molecule has 106 valence electrons. The third-order valence-corrected chi connectivity index (χ3v) is 3.23. The zero-order chi connectivity index (χ0) is 15.2. The van der Waals surface area contributed by atoms with Crippen LogP contribution < -0.4 is 5.32 Å². The molecular weight excluding hydrogens is 264 g/mol. The van der Waals surface area contributed by atoms with Gasteiger partial charge in [-0.2, -0.15) is 5.26 Å². The number of anilines is 1. The average Bonchev–Trinajstić information content (AvgIpc) is 2.55. The Morgan fingerprint density at radius 3 is 2.29 bits per heavy atom. The van der Waals surface area contributed by atoms with Crippen molar-refractivity contribution in [3.05, 3.63) is 65.2 Å². The van der Waals surface area contributed by atoms with E-state index in [9.17, 15) is 4.79 Å². The van der Waals surface area contributed by atoms with Gasteiger partial charge >= 0.3 is 5.97 Å². The van der Waals surface area contributed by atoms with Crippen molar-refractivity contribution in [1.82, 2.24) is 0 Å². The standard InChI is InChI=1S/C17H16N2O2/c1-12(14-5-3-13(11-18)4-6-14)19-16-9-7-15(8-10-16)17(20)21-2/h3-10,12,19H,1-2H3. The van der Waals surface area contributed by atoms with Gasteiger partial charge in [0.15, 0.2) is 0 Å². The summed E-state index contributed by atoms with van der Waals surface area (Å²) in [5.74, 6) is -0.346. The van der Waals surface area contributed by atoms with Gasteiger partial charge in [-0.05, 0) is 48.9 Å². The molecule has 1 N–H and O–H groups in total. The molecule has 1 atom stereocenters. The monoisotopic (exact) mass is 280 g/mol. The highest BCUT2D eigenvalue weighted by Crippen LogP contribution is 2.20. The summed E-state index contributed by atoms with van der Waals surface area (Å²) in [6, 6.07) is 16.8. The number of benzene rings is 2. The van der Waals surface area contributed by atoms with Gasteiger partial charge in [-0.1, -0.05) is 12.1 Å². The van der Waals surface area contributed by atoms with Gasteiger partial charge in [0.2, 0.25) is 0 Å². The van der Waals surface area contributed by atoms with Crippen molar-refractivity contribution in [2.75, 3.05) is 12.4 Å². The Hall–Kier alpha value is -2.80. The fraction of sp³-hybridized carbons (Fsp3) is 0.176. The highest BCUT2D eigenvalue weighted by molar-refractivity contribution is 5.89. The molecule has 4 nitrogen and oxygen atoms in total. The van der Waals surface area contributed by atoms with Gasteiger partial charge in [-0.25, -0.2) is 4.79 Å². The number of carbonyl (C=O) groups is 1. The molecule has 0 fully saturated rings. The number of nitrogens with zero attached hydrogens (tertiary/aromatic N) is 1. The van der Waals surface area contributed by atoms with E-state index in [2.05, 4.69) is 16.1 Å². The zero-order valence-electron chi connectivity index (χ0n) is 12.0. The number of esters is 1. The lowest BCUT2D eigenvalue weighted by Gasteiger charge is -2.16. The van der Waals surface area contributed by atoms with Crippen molar-refractivity contribution in [2.24, 2.45) is 0 Å². The Morgan fingerprint density at radius 1 is 1.14 bits per heavy atom. The van der Waals surface area contributed by atoms with E-state index in [0.29, 0.717) is 11.1 Å². The third kappa shape index (κ3) is 3.61. The van der Waals surface area contributed by atoms with E-state index in [0.717, 1.165) is 11.3 Å². The SMILES string of the molecule is COC(=O)c1ccc(NC(C)c2ccc(C#N)cc2)cc1. The molecule has 0 radical (unpaired) electrons. The quantitative estimate of drug-likeness (QED) is 0.870. The molecule has 0 heterocycles. The summed E-state index contributed by atoms with van der Waals surface area (Å²) in [5.41, 5.74) is 3.17. The number of nitrogens with one attached hydrogen (secondary N) is 1. The van der Waals surface area contributed by atoms with E-state index >= 15 is 0 Å². The molecule has 0 aliphatic heterocycles. The number of hydrogen-bond donors (Lipinski definition) is 1. The number of hydrogen-bond acceptors (Lipinski definition) is 4. The summed E-state index contributed by atoms with van der Waals surface area (Å²) in [6.07, 6.45) is 0. The summed E-state index contributed by atoms with van der Waals surface area (Å²) < 4.78 is 4.66. The second kappa shape index (κ2) is 6.58. The molecule has 2 aromatic rings. The first-order valence-corrected chi connectivity index (χ1v) is 6.59. The Labute approximate surface area is 124 Å². The number of rotatable bonds is 4. The molecule has 2 aromatic carbocycles. The molecular formula is C17H16N2O2. The van der Waals surface area contributed by atoms with E-state index in [1.165, 1.54) is 7.11 Å². The lowest BCUT2D eigenvalue weighted by atomic mass is 10.1. The van der Waals surface area contributed by atoms with Crippen LogP contribution in [0.25, 0.3) is 0 Å². The van der Waals surface area contributed by atoms with Crippen LogP contribution in [0.3, 0.4) is 0 Å². The predicted octanol–water partition coefficient (Wildman–Crippen LogP) is 3.52. The van der Waals surface area contributed by atoms with Gasteiger partial charge in [0, 0.05) is 11.7 Å². The molecule has 4 heteroatoms. The predicted molar refractivity (Wildman–Crippen MR) is 81.0 cm³/mol. The van der Waals surface area contributed by atoms with E-state index in [4.69, 9.17) is 5.26 Å². The first kappa shape index (κ1) is 14.6. The average molecular weight is 280 g/mol. The normalized spacial score (nSPS) is 11.3. The summed E-state index contributed by atoms with van der Waals surface area (Å²) in [6.45, 7) is 2.04. The lowest BCUT2D eigenvalue weighted by molar-refractivity contribution is 0.0601. The second-order valence-corrected chi connectivity index (χ2v) is 4.67. The Balaban J connectivity index is 2.06. The topological polar surface area (TPSA) is 62.1 Å². The zero-order valence-corrected chi connectivity index (χ0v) is 12.0. The van der Waals surface area contributed by atoms with E-state index in [1.54, 1.807) is 24.3 Å². The Morgan fingerprint density at radius 2 is 1.76 bits per heavy atom. The molecule has 0 spiro atoms. The van der Waals surface area contributed by atoms with Crippen LogP contribution in [-0.2, 0) is 4.74 Å². The lowest BCUT2D eigenvalue weighted by Crippen LogP contribution is -2.07. The summed E-state index contributed by atoms with van der Waals surface area (Å²) in [4.78, 5) is 11.4. The van der Waals surface area contributed by atoms with Crippen molar-refractivity contribution in [3.63, 3.8) is 0 Å². The van der Waals surface area contributed by atoms with Gasteiger partial charge in [0.1, 0.15) is 0 Å². The largest absolute Gasteiger partial charge is 0.465 e. The van der Waals surface area contributed by atoms with Gasteiger partial charge in [0.25, 0.3) is 0 Å². The molecule has 0 aliphatic carbocycles. The number of ether oxygens (including phenoxy) is 1. The molecule has 0 amide bonds. The second-order valence-electron chi connectivity index (χ2n) is 4.67. The molecule has 0 saturated carbocycles. The van der Waals surface area contributed by atoms with Crippen LogP contribution in [0.5, 0.6) is 0 Å². The Bertz CT molecular complexity index is 655. The number of nitriles is 1. The van der Waals surface area contributed by atoms with Crippen LogP contribution in [-0.4, -0.2) is 13.1 Å². The van der Waals surface area contributed by atoms with Crippen molar-refractivity contribution in [3.8, 4) is 6.07 Å². The minimum Gasteiger partial charge on any atom is -0.465 e. The number of methoxy groups -OCH3 is 1. The summed E-state index contributed by atoms with van der Waals surface area (Å²) in [7, 11) is 1.36. The van der Waals surface area contributed by atoms with Crippen molar-refractivity contribution in [2.45, 2.75) is 13.0 Å². The van der Waals surface area contributed by atoms with E-state index < -0.39 is 0 Å². The third-order valence-electron chi connectivity index (χ3n) is 3.23. The smallest absolute Gasteiger partial charge is 0.337 e. The van der Waals surface area contributed by atoms with Crippen molar-refractivity contribution >= 4 is 11.7 Å². The summed E-state index contributed by atoms with van der Waals surface area (Å²) >= 11 is 0. The van der Waals surface area contributed by atoms with E-state index in [-0.39, 0.29) is 12.0 Å². The van der Waals surface area contributed by atoms with Gasteiger partial charge in [0.05, 0.1) is 24.3 Å². The van der Waals surface area contributed by atoms with Crippen molar-refractivity contribution < 1.29 is 9.53 Å². The maximum absolute atomic E-state index is 11.4. The van der Waals surface area contributed by atoms with Gasteiger partial charge in [-0.3, -0.25) is 0 Å². The molecule has 0 saturated heterocycles. The first-order chi connectivity index (χ1) is 10.1. The van der Waals surface area contributed by atoms with Crippen LogP contribution in [0.15, 0.2) is 48.5 Å². The summed E-state index contributed by atoms with van der Waals surface area (Å²) in [5, 5.41) is 12.1. The number of carbonyl (C=O) groups excluding carboxylic acids is 1.